The molecule has 136 valence electrons. The highest BCUT2D eigenvalue weighted by Gasteiger charge is 2.29. The summed E-state index contributed by atoms with van der Waals surface area (Å²) in [5.74, 6) is 0.440. The minimum Gasteiger partial charge on any atom is -0.482 e. The number of amides is 2. The van der Waals surface area contributed by atoms with Crippen molar-refractivity contribution in [3.05, 3.63) is 18.2 Å². The third kappa shape index (κ3) is 3.71. The Kier molecular flexibility index (Phi) is 5.43. The molecule has 0 atom stereocenters. The van der Waals surface area contributed by atoms with E-state index in [1.807, 2.05) is 32.0 Å². The molecule has 2 aliphatic heterocycles. The van der Waals surface area contributed by atoms with Gasteiger partial charge in [-0.25, -0.2) is 0 Å². The molecule has 3 rings (SSSR count). The van der Waals surface area contributed by atoms with Crippen molar-refractivity contribution in [1.82, 2.24) is 10.2 Å². The van der Waals surface area contributed by atoms with Crippen LogP contribution in [-0.4, -0.2) is 69.1 Å². The molecule has 7 heteroatoms. The first-order valence-corrected chi connectivity index (χ1v) is 8.94. The van der Waals surface area contributed by atoms with Crippen molar-refractivity contribution >= 4 is 23.2 Å². The maximum atomic E-state index is 12.5. The maximum Gasteiger partial charge on any atom is 0.265 e. The molecule has 0 aromatic heterocycles. The van der Waals surface area contributed by atoms with Gasteiger partial charge in [0.1, 0.15) is 12.3 Å². The van der Waals surface area contributed by atoms with Crippen molar-refractivity contribution in [3.8, 4) is 5.75 Å². The van der Waals surface area contributed by atoms with Crippen LogP contribution in [-0.2, 0) is 9.59 Å². The molecule has 2 heterocycles. The number of carbonyl (C=O) groups excluding carboxylic acids is 2. The van der Waals surface area contributed by atoms with Gasteiger partial charge in [-0.15, -0.1) is 0 Å². The predicted octanol–water partition coefficient (Wildman–Crippen LogP) is 0.690. The summed E-state index contributed by atoms with van der Waals surface area (Å²) in [4.78, 5) is 30.5. The first-order valence-electron chi connectivity index (χ1n) is 8.94. The van der Waals surface area contributed by atoms with Crippen LogP contribution in [0.3, 0.4) is 0 Å². The van der Waals surface area contributed by atoms with Gasteiger partial charge in [0, 0.05) is 45.0 Å². The predicted molar refractivity (Wildman–Crippen MR) is 97.3 cm³/mol. The fourth-order valence-electron chi connectivity index (χ4n) is 3.30. The van der Waals surface area contributed by atoms with E-state index in [0.29, 0.717) is 24.5 Å². The molecule has 1 saturated heterocycles. The second-order valence-electron chi connectivity index (χ2n) is 6.22. The summed E-state index contributed by atoms with van der Waals surface area (Å²) in [5.41, 5.74) is 1.74. The van der Waals surface area contributed by atoms with E-state index in [4.69, 9.17) is 4.74 Å². The highest BCUT2D eigenvalue weighted by molar-refractivity contribution is 6.02. The maximum absolute atomic E-state index is 12.5. The van der Waals surface area contributed by atoms with Crippen molar-refractivity contribution < 1.29 is 14.3 Å². The van der Waals surface area contributed by atoms with Crippen LogP contribution in [0.15, 0.2) is 18.2 Å². The summed E-state index contributed by atoms with van der Waals surface area (Å²) in [7, 11) is 0. The van der Waals surface area contributed by atoms with E-state index in [1.54, 1.807) is 9.80 Å². The van der Waals surface area contributed by atoms with Crippen molar-refractivity contribution in [1.29, 1.82) is 0 Å². The molecule has 0 unspecified atom stereocenters. The number of hydrogen-bond acceptors (Lipinski definition) is 5. The topological polar surface area (TPSA) is 65.1 Å². The summed E-state index contributed by atoms with van der Waals surface area (Å²) in [6, 6.07) is 5.88. The van der Waals surface area contributed by atoms with E-state index in [9.17, 15) is 9.59 Å². The van der Waals surface area contributed by atoms with E-state index >= 15 is 0 Å². The molecular weight excluding hydrogens is 320 g/mol. The fraction of sp³-hybridized carbons (Fsp3) is 0.556. The van der Waals surface area contributed by atoms with Crippen molar-refractivity contribution in [2.24, 2.45) is 0 Å². The second-order valence-corrected chi connectivity index (χ2v) is 6.22. The zero-order valence-electron chi connectivity index (χ0n) is 15.0. The SMILES string of the molecule is CCN(CC)C(=O)CN1C(=O)COc2ccc(N3CCNCC3)cc21. The molecule has 0 spiro atoms. The number of benzene rings is 1. The largest absolute Gasteiger partial charge is 0.482 e. The third-order valence-electron chi connectivity index (χ3n) is 4.78. The van der Waals surface area contributed by atoms with Crippen LogP contribution in [0.1, 0.15) is 13.8 Å². The minimum absolute atomic E-state index is 0.0223. The van der Waals surface area contributed by atoms with Gasteiger partial charge in [0.15, 0.2) is 6.61 Å². The van der Waals surface area contributed by atoms with Gasteiger partial charge in [-0.05, 0) is 32.0 Å². The molecule has 1 N–H and O–H groups in total. The van der Waals surface area contributed by atoms with Crippen molar-refractivity contribution in [3.63, 3.8) is 0 Å². The van der Waals surface area contributed by atoms with Crippen LogP contribution >= 0.6 is 0 Å². The quantitative estimate of drug-likeness (QED) is 0.850. The Morgan fingerprint density at radius 1 is 1.24 bits per heavy atom. The van der Waals surface area contributed by atoms with Crippen LogP contribution in [0.25, 0.3) is 0 Å². The van der Waals surface area contributed by atoms with Crippen molar-refractivity contribution in [2.75, 3.05) is 62.2 Å². The zero-order valence-corrected chi connectivity index (χ0v) is 15.0. The number of piperazine rings is 1. The number of anilines is 2. The normalized spacial score (nSPS) is 17.1. The Morgan fingerprint density at radius 3 is 2.64 bits per heavy atom. The monoisotopic (exact) mass is 346 g/mol. The van der Waals surface area contributed by atoms with Crippen LogP contribution in [0.4, 0.5) is 11.4 Å². The molecule has 0 saturated carbocycles. The van der Waals surface area contributed by atoms with E-state index in [0.717, 1.165) is 31.9 Å². The van der Waals surface area contributed by atoms with Gasteiger partial charge in [0.2, 0.25) is 5.91 Å². The highest BCUT2D eigenvalue weighted by Crippen LogP contribution is 2.35. The van der Waals surface area contributed by atoms with Gasteiger partial charge in [-0.3, -0.25) is 14.5 Å². The lowest BCUT2D eigenvalue weighted by molar-refractivity contribution is -0.131. The minimum atomic E-state index is -0.175. The lowest BCUT2D eigenvalue weighted by atomic mass is 10.1. The molecular formula is C18H26N4O3. The van der Waals surface area contributed by atoms with Crippen LogP contribution < -0.4 is 19.9 Å². The number of nitrogens with zero attached hydrogens (tertiary/aromatic N) is 3. The first-order chi connectivity index (χ1) is 12.1. The molecule has 1 fully saturated rings. The van der Waals surface area contributed by atoms with Gasteiger partial charge in [0.05, 0.1) is 5.69 Å². The van der Waals surface area contributed by atoms with E-state index in [2.05, 4.69) is 10.2 Å². The molecule has 2 aliphatic rings. The number of fused-ring (bicyclic) bond motifs is 1. The average molecular weight is 346 g/mol. The van der Waals surface area contributed by atoms with Crippen LogP contribution in [0.5, 0.6) is 5.75 Å². The molecule has 1 aromatic rings. The lowest BCUT2D eigenvalue weighted by Crippen LogP contribution is -2.47. The molecule has 0 radical (unpaired) electrons. The number of carbonyl (C=O) groups is 2. The molecule has 0 bridgehead atoms. The Balaban J connectivity index is 1.85. The molecule has 2 amide bonds. The number of hydrogen-bond donors (Lipinski definition) is 1. The van der Waals surface area contributed by atoms with E-state index in [1.165, 1.54) is 0 Å². The first kappa shape index (κ1) is 17.5. The highest BCUT2D eigenvalue weighted by atomic mass is 16.5. The number of rotatable bonds is 5. The van der Waals surface area contributed by atoms with E-state index in [-0.39, 0.29) is 25.0 Å². The summed E-state index contributed by atoms with van der Waals surface area (Å²) in [6.45, 7) is 8.93. The second kappa shape index (κ2) is 7.74. The molecule has 25 heavy (non-hydrogen) atoms. The Morgan fingerprint density at radius 2 is 1.96 bits per heavy atom. The van der Waals surface area contributed by atoms with Crippen molar-refractivity contribution in [2.45, 2.75) is 13.8 Å². The Bertz CT molecular complexity index is 639. The molecule has 1 aromatic carbocycles. The Hall–Kier alpha value is -2.28. The summed E-state index contributed by atoms with van der Waals surface area (Å²) < 4.78 is 5.56. The average Bonchev–Trinajstić information content (AvgIpc) is 2.65. The van der Waals surface area contributed by atoms with Gasteiger partial charge in [0.25, 0.3) is 5.91 Å². The summed E-state index contributed by atoms with van der Waals surface area (Å²) >= 11 is 0. The van der Waals surface area contributed by atoms with Gasteiger partial charge >= 0.3 is 0 Å². The fourth-order valence-corrected chi connectivity index (χ4v) is 3.30. The molecule has 7 nitrogen and oxygen atoms in total. The van der Waals surface area contributed by atoms with Crippen LogP contribution in [0.2, 0.25) is 0 Å². The smallest absolute Gasteiger partial charge is 0.265 e. The number of likely N-dealkylation sites (N-methyl/N-ethyl adjacent to an activating group) is 1. The number of ether oxygens (including phenoxy) is 1. The van der Waals surface area contributed by atoms with Gasteiger partial charge < -0.3 is 19.9 Å². The van der Waals surface area contributed by atoms with Gasteiger partial charge in [-0.1, -0.05) is 0 Å². The number of nitrogens with one attached hydrogen (secondary N) is 1. The standard InChI is InChI=1S/C18H26N4O3/c1-3-20(4-2)17(23)12-22-15-11-14(21-9-7-19-8-10-21)5-6-16(15)25-13-18(22)24/h5-6,11,19H,3-4,7-10,12-13H2,1-2H3. The summed E-state index contributed by atoms with van der Waals surface area (Å²) in [5, 5.41) is 3.33. The van der Waals surface area contributed by atoms with E-state index < -0.39 is 0 Å². The lowest BCUT2D eigenvalue weighted by Gasteiger charge is -2.34. The zero-order chi connectivity index (χ0) is 17.8. The van der Waals surface area contributed by atoms with Gasteiger partial charge in [-0.2, -0.15) is 0 Å². The molecule has 0 aliphatic carbocycles. The third-order valence-corrected chi connectivity index (χ3v) is 4.78. The van der Waals surface area contributed by atoms with Crippen LogP contribution in [0, 0.1) is 0 Å². The summed E-state index contributed by atoms with van der Waals surface area (Å²) in [6.07, 6.45) is 0. The Labute approximate surface area is 148 Å².